The molecule has 0 saturated heterocycles. The fourth-order valence-electron chi connectivity index (χ4n) is 6.68. The zero-order valence-electron chi connectivity index (χ0n) is 22.6. The van der Waals surface area contributed by atoms with Gasteiger partial charge >= 0.3 is 0 Å². The first-order chi connectivity index (χ1) is 18.1. The van der Waals surface area contributed by atoms with Crippen LogP contribution >= 0.6 is 11.3 Å². The van der Waals surface area contributed by atoms with E-state index >= 15 is 0 Å². The molecule has 1 aromatic heterocycles. The Kier molecular flexibility index (Phi) is 7.96. The number of para-hydroxylation sites is 1. The van der Waals surface area contributed by atoms with Crippen molar-refractivity contribution in [3.63, 3.8) is 0 Å². The lowest BCUT2D eigenvalue weighted by atomic mass is 9.96. The average Bonchev–Trinajstić information content (AvgIpc) is 3.62. The van der Waals surface area contributed by atoms with Crippen LogP contribution in [0.1, 0.15) is 68.5 Å². The Balaban J connectivity index is 1.36. The van der Waals surface area contributed by atoms with Crippen LogP contribution in [-0.4, -0.2) is 49.7 Å². The Morgan fingerprint density at radius 2 is 1.89 bits per heavy atom. The molecule has 0 radical (unpaired) electrons. The third-order valence-corrected chi connectivity index (χ3v) is 10.1. The molecule has 2 unspecified atom stereocenters. The molecule has 0 spiro atoms. The van der Waals surface area contributed by atoms with Crippen molar-refractivity contribution in [3.05, 3.63) is 58.6 Å². The van der Waals surface area contributed by atoms with Crippen molar-refractivity contribution < 1.29 is 18.6 Å². The number of anilines is 1. The number of fused-ring (bicyclic) bond motifs is 4. The third-order valence-electron chi connectivity index (χ3n) is 9.01. The molecule has 2 aliphatic rings. The van der Waals surface area contributed by atoms with E-state index in [-0.39, 0.29) is 6.73 Å². The van der Waals surface area contributed by atoms with Crippen molar-refractivity contribution in [2.75, 3.05) is 37.6 Å². The van der Waals surface area contributed by atoms with Gasteiger partial charge in [0, 0.05) is 42.8 Å². The van der Waals surface area contributed by atoms with Crippen molar-refractivity contribution in [1.29, 1.82) is 0 Å². The maximum absolute atomic E-state index is 10.9. The van der Waals surface area contributed by atoms with Gasteiger partial charge in [0.05, 0.1) is 26.2 Å². The van der Waals surface area contributed by atoms with Gasteiger partial charge in [0.2, 0.25) is 5.52 Å². The lowest BCUT2D eigenvalue weighted by Gasteiger charge is -2.37. The highest BCUT2D eigenvalue weighted by atomic mass is 32.1. The Labute approximate surface area is 225 Å². The molecule has 0 N–H and O–H groups in total. The molecule has 5 rings (SSSR count). The van der Waals surface area contributed by atoms with Gasteiger partial charge in [-0.15, -0.1) is 4.57 Å². The summed E-state index contributed by atoms with van der Waals surface area (Å²) in [6, 6.07) is 16.0. The summed E-state index contributed by atoms with van der Waals surface area (Å²) in [6.07, 6.45) is 9.59. The lowest BCUT2D eigenvalue weighted by Crippen LogP contribution is -2.49. The van der Waals surface area contributed by atoms with Crippen LogP contribution in [0, 0.1) is 0 Å². The molecule has 196 valence electrons. The quantitative estimate of drug-likeness (QED) is 0.162. The summed E-state index contributed by atoms with van der Waals surface area (Å²) in [7, 11) is 0. The standard InChI is InChI=1S/C31H41N3O2S/c1-4-34(5-2,6-3)20-10-19-32-27-13-9-11-25(27)26-21-24(15-17-28(26)32)16-18-31-33(22-36-23-35)29-12-7-8-14-30(29)37-31/h7-8,12,14-18,21,23,25,27H,4-6,9-11,13,19-20,22H2,1-3H3/q+2. The summed E-state index contributed by atoms with van der Waals surface area (Å²) in [5.41, 5.74) is 5.33. The molecule has 3 aromatic rings. The number of carbonyl (C=O) groups is 1. The van der Waals surface area contributed by atoms with E-state index in [1.165, 1.54) is 78.8 Å². The van der Waals surface area contributed by atoms with Crippen LogP contribution in [0.25, 0.3) is 22.4 Å². The largest absolute Gasteiger partial charge is 0.407 e. The molecule has 2 aromatic carbocycles. The lowest BCUT2D eigenvalue weighted by molar-refractivity contribution is -0.923. The van der Waals surface area contributed by atoms with Crippen LogP contribution in [0.15, 0.2) is 42.5 Å². The summed E-state index contributed by atoms with van der Waals surface area (Å²) in [5, 5.41) is 1.08. The molecule has 1 saturated carbocycles. The monoisotopic (exact) mass is 519 g/mol. The Morgan fingerprint density at radius 3 is 2.68 bits per heavy atom. The summed E-state index contributed by atoms with van der Waals surface area (Å²) < 4.78 is 9.60. The molecule has 1 aliphatic carbocycles. The second-order valence-electron chi connectivity index (χ2n) is 10.5. The van der Waals surface area contributed by atoms with E-state index < -0.39 is 0 Å². The van der Waals surface area contributed by atoms with E-state index in [1.54, 1.807) is 16.9 Å². The smallest absolute Gasteiger partial charge is 0.297 e. The number of hydrogen-bond acceptors (Lipinski definition) is 4. The number of nitrogens with zero attached hydrogens (tertiary/aromatic N) is 3. The number of ether oxygens (including phenoxy) is 1. The highest BCUT2D eigenvalue weighted by Crippen LogP contribution is 2.49. The molecule has 2 heterocycles. The molecule has 1 fully saturated rings. The van der Waals surface area contributed by atoms with E-state index in [0.29, 0.717) is 18.4 Å². The van der Waals surface area contributed by atoms with E-state index in [9.17, 15) is 4.79 Å². The predicted molar refractivity (Wildman–Crippen MR) is 154 cm³/mol. The fourth-order valence-corrected chi connectivity index (χ4v) is 7.73. The molecule has 6 heteroatoms. The van der Waals surface area contributed by atoms with E-state index in [2.05, 4.69) is 72.7 Å². The van der Waals surface area contributed by atoms with Crippen LogP contribution in [0.4, 0.5) is 5.69 Å². The minimum atomic E-state index is 0.226. The topological polar surface area (TPSA) is 33.4 Å². The van der Waals surface area contributed by atoms with Gasteiger partial charge in [-0.3, -0.25) is 4.79 Å². The fraction of sp³-hybridized carbons (Fsp3) is 0.484. The minimum Gasteiger partial charge on any atom is -0.407 e. The zero-order valence-corrected chi connectivity index (χ0v) is 23.4. The van der Waals surface area contributed by atoms with Crippen LogP contribution in [0.3, 0.4) is 0 Å². The van der Waals surface area contributed by atoms with Gasteiger partial charge in [-0.05, 0) is 69.0 Å². The molecule has 0 bridgehead atoms. The summed E-state index contributed by atoms with van der Waals surface area (Å²) in [4.78, 5) is 13.6. The number of benzene rings is 2. The molecular formula is C31H41N3O2S+2. The van der Waals surface area contributed by atoms with Crippen molar-refractivity contribution in [3.8, 4) is 0 Å². The van der Waals surface area contributed by atoms with Crippen LogP contribution in [0.2, 0.25) is 0 Å². The summed E-state index contributed by atoms with van der Waals surface area (Å²) >= 11 is 1.72. The number of aromatic nitrogens is 1. The number of thiazole rings is 1. The number of quaternary nitrogens is 1. The number of carbonyl (C=O) groups excluding carboxylic acids is 1. The Bertz CT molecular complexity index is 1250. The van der Waals surface area contributed by atoms with Crippen molar-refractivity contribution in [2.45, 2.75) is 65.1 Å². The van der Waals surface area contributed by atoms with Gasteiger partial charge in [-0.25, -0.2) is 0 Å². The second-order valence-corrected chi connectivity index (χ2v) is 11.6. The van der Waals surface area contributed by atoms with Crippen LogP contribution in [0.5, 0.6) is 0 Å². The van der Waals surface area contributed by atoms with E-state index in [0.717, 1.165) is 10.5 Å². The first-order valence-electron chi connectivity index (χ1n) is 14.0. The van der Waals surface area contributed by atoms with Crippen LogP contribution < -0.4 is 9.47 Å². The van der Waals surface area contributed by atoms with Gasteiger partial charge < -0.3 is 14.1 Å². The highest BCUT2D eigenvalue weighted by molar-refractivity contribution is 7.18. The molecule has 37 heavy (non-hydrogen) atoms. The van der Waals surface area contributed by atoms with Crippen molar-refractivity contribution >= 4 is 45.9 Å². The second kappa shape index (κ2) is 11.4. The maximum atomic E-state index is 10.9. The first-order valence-corrected chi connectivity index (χ1v) is 14.8. The normalized spacial score (nSPS) is 19.1. The van der Waals surface area contributed by atoms with E-state index in [4.69, 9.17) is 4.74 Å². The average molecular weight is 520 g/mol. The molecule has 0 amide bonds. The Hall–Kier alpha value is -2.70. The van der Waals surface area contributed by atoms with Gasteiger partial charge in [0.15, 0.2) is 0 Å². The summed E-state index contributed by atoms with van der Waals surface area (Å²) in [6.45, 7) is 13.9. The molecule has 1 aliphatic heterocycles. The maximum Gasteiger partial charge on any atom is 0.297 e. The third kappa shape index (κ3) is 5.06. The van der Waals surface area contributed by atoms with Crippen molar-refractivity contribution in [2.24, 2.45) is 0 Å². The zero-order chi connectivity index (χ0) is 25.8. The first kappa shape index (κ1) is 25.9. The van der Waals surface area contributed by atoms with Crippen LogP contribution in [-0.2, 0) is 16.3 Å². The SMILES string of the molecule is CC[N+](CC)(CC)CCCN1c2ccc(/C=C/c3sc4ccccc4[n+]3COC=O)cc2C2CCCC21. The molecule has 2 atom stereocenters. The van der Waals surface area contributed by atoms with Gasteiger partial charge in [0.25, 0.3) is 18.2 Å². The van der Waals surface area contributed by atoms with E-state index in [1.807, 2.05) is 12.1 Å². The summed E-state index contributed by atoms with van der Waals surface area (Å²) in [5.74, 6) is 0.668. The molecule has 5 nitrogen and oxygen atoms in total. The molecular weight excluding hydrogens is 478 g/mol. The predicted octanol–water partition coefficient (Wildman–Crippen LogP) is 6.21. The van der Waals surface area contributed by atoms with Gasteiger partial charge in [-0.1, -0.05) is 36.0 Å². The van der Waals surface area contributed by atoms with Crippen molar-refractivity contribution in [1.82, 2.24) is 0 Å². The Morgan fingerprint density at radius 1 is 1.08 bits per heavy atom. The highest BCUT2D eigenvalue weighted by Gasteiger charge is 2.41. The number of hydrogen-bond donors (Lipinski definition) is 0. The van der Waals surface area contributed by atoms with Gasteiger partial charge in [0.1, 0.15) is 4.70 Å². The minimum absolute atomic E-state index is 0.226. The van der Waals surface area contributed by atoms with Gasteiger partial charge in [-0.2, -0.15) is 0 Å². The number of rotatable bonds is 12.